The third kappa shape index (κ3) is 3.82. The number of hydrogen-bond acceptors (Lipinski definition) is 4. The molecule has 3 aliphatic rings. The second kappa shape index (κ2) is 8.22. The minimum atomic E-state index is -0.100. The molecular weight excluding hydrogens is 437 g/mol. The maximum atomic E-state index is 11.8. The molecule has 152 valence electrons. The van der Waals surface area contributed by atoms with E-state index in [9.17, 15) is 4.79 Å². The van der Waals surface area contributed by atoms with Gasteiger partial charge in [-0.1, -0.05) is 59.2 Å². The lowest BCUT2D eigenvalue weighted by Crippen LogP contribution is -2.30. The van der Waals surface area contributed by atoms with Crippen LogP contribution in [-0.4, -0.2) is 27.5 Å². The van der Waals surface area contributed by atoms with Gasteiger partial charge < -0.3 is 0 Å². The molecule has 0 aromatic heterocycles. The van der Waals surface area contributed by atoms with E-state index >= 15 is 0 Å². The van der Waals surface area contributed by atoms with Crippen molar-refractivity contribution in [2.75, 3.05) is 5.75 Å². The Morgan fingerprint density at radius 2 is 1.73 bits per heavy atom. The summed E-state index contributed by atoms with van der Waals surface area (Å²) >= 11 is 13.6. The lowest BCUT2D eigenvalue weighted by atomic mass is 9.77. The van der Waals surface area contributed by atoms with Crippen molar-refractivity contribution in [3.8, 4) is 0 Å². The van der Waals surface area contributed by atoms with Crippen LogP contribution in [0, 0.1) is 5.92 Å². The van der Waals surface area contributed by atoms with E-state index in [1.807, 2.05) is 41.4 Å². The highest BCUT2D eigenvalue weighted by atomic mass is 35.5. The van der Waals surface area contributed by atoms with Crippen molar-refractivity contribution in [3.05, 3.63) is 75.3 Å². The Bertz CT molecular complexity index is 1080. The molecule has 2 aliphatic heterocycles. The van der Waals surface area contributed by atoms with Crippen LogP contribution < -0.4 is 0 Å². The minimum Gasteiger partial charge on any atom is -0.272 e. The Hall–Kier alpha value is -2.08. The number of thioether (sulfide) groups is 1. The molecule has 0 N–H and O–H groups in total. The average Bonchev–Trinajstić information content (AvgIpc) is 3.34. The third-order valence-corrected chi connectivity index (χ3v) is 7.10. The molecule has 0 saturated heterocycles. The number of rotatable bonds is 2. The number of benzene rings is 2. The predicted molar refractivity (Wildman–Crippen MR) is 125 cm³/mol. The Morgan fingerprint density at radius 1 is 1.03 bits per heavy atom. The van der Waals surface area contributed by atoms with Gasteiger partial charge in [0.2, 0.25) is 0 Å². The van der Waals surface area contributed by atoms with Crippen molar-refractivity contribution in [2.45, 2.75) is 25.3 Å². The Balaban J connectivity index is 1.56. The van der Waals surface area contributed by atoms with Crippen LogP contribution in [0.1, 0.15) is 36.4 Å². The summed E-state index contributed by atoms with van der Waals surface area (Å²) in [5.74, 6) is 0.525. The number of amidine groups is 1. The fourth-order valence-electron chi connectivity index (χ4n) is 4.33. The molecule has 1 saturated carbocycles. The van der Waals surface area contributed by atoms with Crippen LogP contribution in [0.15, 0.2) is 64.2 Å². The minimum absolute atomic E-state index is 0.0170. The van der Waals surface area contributed by atoms with E-state index < -0.39 is 0 Å². The summed E-state index contributed by atoms with van der Waals surface area (Å²) in [7, 11) is 0. The Morgan fingerprint density at radius 3 is 2.40 bits per heavy atom. The zero-order valence-corrected chi connectivity index (χ0v) is 18.4. The molecule has 1 aliphatic carbocycles. The average molecular weight is 456 g/mol. The van der Waals surface area contributed by atoms with E-state index in [1.165, 1.54) is 17.3 Å². The van der Waals surface area contributed by atoms with Gasteiger partial charge in [0.15, 0.2) is 5.17 Å². The highest BCUT2D eigenvalue weighted by molar-refractivity contribution is 8.14. The van der Waals surface area contributed by atoms with E-state index in [-0.39, 0.29) is 17.9 Å². The lowest BCUT2D eigenvalue weighted by molar-refractivity contribution is -0.115. The van der Waals surface area contributed by atoms with E-state index in [2.05, 4.69) is 23.2 Å². The molecule has 2 unspecified atom stereocenters. The summed E-state index contributed by atoms with van der Waals surface area (Å²) in [6.07, 6.45) is 5.34. The van der Waals surface area contributed by atoms with Crippen LogP contribution in [0.4, 0.5) is 0 Å². The van der Waals surface area contributed by atoms with Crippen LogP contribution in [-0.2, 0) is 4.79 Å². The van der Waals surface area contributed by atoms with Crippen LogP contribution >= 0.6 is 35.0 Å². The van der Waals surface area contributed by atoms with Gasteiger partial charge in [0.25, 0.3) is 5.91 Å². The van der Waals surface area contributed by atoms with Gasteiger partial charge in [-0.2, -0.15) is 10.1 Å². The van der Waals surface area contributed by atoms with Crippen LogP contribution in [0.3, 0.4) is 0 Å². The van der Waals surface area contributed by atoms with Crippen LogP contribution in [0.25, 0.3) is 6.08 Å². The first-order valence-electron chi connectivity index (χ1n) is 9.92. The van der Waals surface area contributed by atoms with E-state index in [0.29, 0.717) is 15.9 Å². The van der Waals surface area contributed by atoms with Gasteiger partial charge in [0.05, 0.1) is 17.5 Å². The summed E-state index contributed by atoms with van der Waals surface area (Å²) in [5, 5.41) is 9.10. The standard InChI is InChI=1S/C23H19Cl2N3OS/c24-17-8-4-14(5-9-17)12-16-2-1-3-19-21(16)27-28(23-26-20(29)13-30-23)22(19)15-6-10-18(25)11-7-15/h4-12,19,22H,1-3,13H2/b16-12-. The first-order chi connectivity index (χ1) is 14.6. The number of nitrogens with zero attached hydrogens (tertiary/aromatic N) is 3. The number of allylic oxidation sites excluding steroid dienone is 1. The van der Waals surface area contributed by atoms with Crippen molar-refractivity contribution < 1.29 is 4.79 Å². The number of amides is 1. The normalized spacial score (nSPS) is 24.8. The number of fused-ring (bicyclic) bond motifs is 1. The Labute approximate surface area is 189 Å². The monoisotopic (exact) mass is 455 g/mol. The van der Waals surface area contributed by atoms with E-state index in [1.54, 1.807) is 0 Å². The fourth-order valence-corrected chi connectivity index (χ4v) is 5.35. The SMILES string of the molecule is O=C1CSC(N2N=C3/C(=C\c4ccc(Cl)cc4)CCCC3C2c2ccc(Cl)cc2)=N1. The molecule has 0 radical (unpaired) electrons. The van der Waals surface area contributed by atoms with Crippen LogP contribution in [0.2, 0.25) is 10.0 Å². The maximum absolute atomic E-state index is 11.8. The first kappa shape index (κ1) is 19.9. The fraction of sp³-hybridized carbons (Fsp3) is 0.261. The second-order valence-corrected chi connectivity index (χ2v) is 9.44. The summed E-state index contributed by atoms with van der Waals surface area (Å²) in [6, 6.07) is 15.8. The van der Waals surface area contributed by atoms with Crippen molar-refractivity contribution in [1.82, 2.24) is 5.01 Å². The number of hydrazone groups is 1. The predicted octanol–water partition coefficient (Wildman–Crippen LogP) is 6.22. The molecule has 2 aromatic carbocycles. The van der Waals surface area contributed by atoms with Gasteiger partial charge in [-0.05, 0) is 66.3 Å². The number of carbonyl (C=O) groups is 1. The molecule has 0 spiro atoms. The quantitative estimate of drug-likeness (QED) is 0.539. The molecule has 1 amide bonds. The molecule has 7 heteroatoms. The van der Waals surface area contributed by atoms with Gasteiger partial charge in [-0.15, -0.1) is 0 Å². The zero-order chi connectivity index (χ0) is 20.7. The van der Waals surface area contributed by atoms with Crippen molar-refractivity contribution >= 4 is 57.8 Å². The lowest BCUT2D eigenvalue weighted by Gasteiger charge is -2.30. The summed E-state index contributed by atoms with van der Waals surface area (Å²) in [6.45, 7) is 0. The number of halogens is 2. The van der Waals surface area contributed by atoms with Gasteiger partial charge in [0.1, 0.15) is 0 Å². The zero-order valence-electron chi connectivity index (χ0n) is 16.1. The molecule has 2 aromatic rings. The molecular formula is C23H19Cl2N3OS. The molecule has 5 rings (SSSR count). The highest BCUT2D eigenvalue weighted by Gasteiger charge is 2.44. The van der Waals surface area contributed by atoms with Gasteiger partial charge >= 0.3 is 0 Å². The second-order valence-electron chi connectivity index (χ2n) is 7.62. The van der Waals surface area contributed by atoms with Gasteiger partial charge in [-0.25, -0.2) is 5.01 Å². The van der Waals surface area contributed by atoms with Crippen LogP contribution in [0.5, 0.6) is 0 Å². The van der Waals surface area contributed by atoms with Gasteiger partial charge in [-0.3, -0.25) is 4.79 Å². The van der Waals surface area contributed by atoms with Crippen molar-refractivity contribution in [2.24, 2.45) is 16.0 Å². The highest BCUT2D eigenvalue weighted by Crippen LogP contribution is 2.46. The largest absolute Gasteiger partial charge is 0.272 e. The molecule has 4 nitrogen and oxygen atoms in total. The van der Waals surface area contributed by atoms with Crippen molar-refractivity contribution in [3.63, 3.8) is 0 Å². The van der Waals surface area contributed by atoms with Crippen molar-refractivity contribution in [1.29, 1.82) is 0 Å². The topological polar surface area (TPSA) is 45.0 Å². The summed E-state index contributed by atoms with van der Waals surface area (Å²) < 4.78 is 0. The summed E-state index contributed by atoms with van der Waals surface area (Å²) in [4.78, 5) is 16.1. The summed E-state index contributed by atoms with van der Waals surface area (Å²) in [5.41, 5.74) is 4.59. The molecule has 30 heavy (non-hydrogen) atoms. The van der Waals surface area contributed by atoms with E-state index in [4.69, 9.17) is 28.3 Å². The number of hydrogen-bond donors (Lipinski definition) is 0. The first-order valence-corrected chi connectivity index (χ1v) is 11.7. The van der Waals surface area contributed by atoms with Gasteiger partial charge in [0, 0.05) is 16.0 Å². The number of carbonyl (C=O) groups excluding carboxylic acids is 1. The molecule has 2 heterocycles. The molecule has 1 fully saturated rings. The molecule has 0 bridgehead atoms. The maximum Gasteiger partial charge on any atom is 0.258 e. The smallest absolute Gasteiger partial charge is 0.258 e. The number of aliphatic imine (C=N–C) groups is 1. The molecule has 2 atom stereocenters. The third-order valence-electron chi connectivity index (χ3n) is 5.67. The van der Waals surface area contributed by atoms with E-state index in [0.717, 1.165) is 41.1 Å². The Kier molecular flexibility index (Phi) is 5.44.